The molecule has 4 N–H and O–H groups in total. The molecule has 0 radical (unpaired) electrons. The molecule has 70 valence electrons. The molecule has 1 rings (SSSR count). The number of amidine groups is 1. The van der Waals surface area contributed by atoms with Crippen LogP contribution >= 0.6 is 0 Å². The van der Waals surface area contributed by atoms with Gasteiger partial charge in [0.2, 0.25) is 0 Å². The molecule has 0 amide bonds. The van der Waals surface area contributed by atoms with Gasteiger partial charge in [-0.2, -0.15) is 0 Å². The second-order valence-corrected chi connectivity index (χ2v) is 2.97. The number of nitrogens with one attached hydrogen (secondary N) is 2. The first-order chi connectivity index (χ1) is 6.15. The lowest BCUT2D eigenvalue weighted by atomic mass is 10.1. The van der Waals surface area contributed by atoms with Gasteiger partial charge in [0.1, 0.15) is 5.84 Å². The molecule has 0 bridgehead atoms. The van der Waals surface area contributed by atoms with Crippen LogP contribution in [0.2, 0.25) is 0 Å². The Balaban J connectivity index is 2.98. The molecule has 13 heavy (non-hydrogen) atoms. The molecule has 0 fully saturated rings. The van der Waals surface area contributed by atoms with Crippen LogP contribution in [0.15, 0.2) is 18.2 Å². The van der Waals surface area contributed by atoms with Crippen LogP contribution in [-0.2, 0) is 0 Å². The molecule has 1 aromatic rings. The van der Waals surface area contributed by atoms with Gasteiger partial charge in [-0.3, -0.25) is 5.41 Å². The Hall–Kier alpha value is -1.51. The van der Waals surface area contributed by atoms with Crippen LogP contribution in [0.25, 0.3) is 0 Å². The third-order valence-electron chi connectivity index (χ3n) is 1.90. The van der Waals surface area contributed by atoms with Crippen molar-refractivity contribution >= 4 is 11.5 Å². The zero-order chi connectivity index (χ0) is 9.84. The summed E-state index contributed by atoms with van der Waals surface area (Å²) in [5.74, 6) is 0.126. The van der Waals surface area contributed by atoms with Crippen molar-refractivity contribution in [3.63, 3.8) is 0 Å². The topological polar surface area (TPSA) is 61.9 Å². The van der Waals surface area contributed by atoms with Gasteiger partial charge in [0.05, 0.1) is 0 Å². The molecule has 0 spiro atoms. The molecule has 3 nitrogen and oxygen atoms in total. The lowest BCUT2D eigenvalue weighted by Gasteiger charge is -2.07. The zero-order valence-corrected chi connectivity index (χ0v) is 8.02. The van der Waals surface area contributed by atoms with Gasteiger partial charge in [-0.15, -0.1) is 0 Å². The number of nitrogens with two attached hydrogens (primary N) is 1. The van der Waals surface area contributed by atoms with E-state index in [1.165, 1.54) is 0 Å². The van der Waals surface area contributed by atoms with Crippen LogP contribution in [0, 0.1) is 12.3 Å². The average molecular weight is 177 g/mol. The van der Waals surface area contributed by atoms with E-state index in [2.05, 4.69) is 5.32 Å². The Morgan fingerprint density at radius 3 is 2.69 bits per heavy atom. The quantitative estimate of drug-likeness (QED) is 0.486. The Morgan fingerprint density at radius 2 is 2.23 bits per heavy atom. The lowest BCUT2D eigenvalue weighted by Crippen LogP contribution is -2.12. The van der Waals surface area contributed by atoms with Crippen LogP contribution in [-0.4, -0.2) is 12.4 Å². The Morgan fingerprint density at radius 1 is 1.54 bits per heavy atom. The van der Waals surface area contributed by atoms with Gasteiger partial charge in [0.15, 0.2) is 0 Å². The summed E-state index contributed by atoms with van der Waals surface area (Å²) in [5, 5.41) is 10.5. The van der Waals surface area contributed by atoms with Crippen LogP contribution in [0.3, 0.4) is 0 Å². The van der Waals surface area contributed by atoms with E-state index in [1.54, 1.807) is 0 Å². The molecule has 3 heteroatoms. The fraction of sp³-hybridized carbons (Fsp3) is 0.300. The van der Waals surface area contributed by atoms with Crippen LogP contribution in [0.1, 0.15) is 18.1 Å². The fourth-order valence-corrected chi connectivity index (χ4v) is 1.28. The van der Waals surface area contributed by atoms with Crippen molar-refractivity contribution in [2.45, 2.75) is 13.8 Å². The molecule has 0 aliphatic rings. The van der Waals surface area contributed by atoms with Crippen molar-refractivity contribution in [1.82, 2.24) is 0 Å². The summed E-state index contributed by atoms with van der Waals surface area (Å²) < 4.78 is 0. The van der Waals surface area contributed by atoms with Crippen LogP contribution < -0.4 is 11.1 Å². The maximum atomic E-state index is 7.31. The van der Waals surface area contributed by atoms with E-state index >= 15 is 0 Å². The second-order valence-electron chi connectivity index (χ2n) is 2.97. The Bertz CT molecular complexity index is 318. The minimum atomic E-state index is 0.126. The highest BCUT2D eigenvalue weighted by atomic mass is 14.8. The van der Waals surface area contributed by atoms with E-state index in [4.69, 9.17) is 11.1 Å². The standard InChI is InChI=1S/C10H15N3/c1-3-13-8-4-5-9(10(11)12)7(2)6-8/h4-6,13H,3H2,1-2H3,(H3,11,12). The van der Waals surface area contributed by atoms with E-state index in [-0.39, 0.29) is 5.84 Å². The maximum Gasteiger partial charge on any atom is 0.123 e. The van der Waals surface area contributed by atoms with Gasteiger partial charge in [0, 0.05) is 17.8 Å². The van der Waals surface area contributed by atoms with Gasteiger partial charge < -0.3 is 11.1 Å². The highest BCUT2D eigenvalue weighted by molar-refractivity contribution is 5.96. The van der Waals surface area contributed by atoms with Crippen molar-refractivity contribution in [1.29, 1.82) is 5.41 Å². The summed E-state index contributed by atoms with van der Waals surface area (Å²) in [6.07, 6.45) is 0. The summed E-state index contributed by atoms with van der Waals surface area (Å²) in [6, 6.07) is 5.81. The number of benzene rings is 1. The van der Waals surface area contributed by atoms with Crippen LogP contribution in [0.5, 0.6) is 0 Å². The number of nitrogen functional groups attached to an aromatic ring is 1. The highest BCUT2D eigenvalue weighted by Gasteiger charge is 2.01. The normalized spacial score (nSPS) is 9.69. The van der Waals surface area contributed by atoms with Crippen molar-refractivity contribution in [3.8, 4) is 0 Å². The molecule has 0 saturated carbocycles. The first-order valence-corrected chi connectivity index (χ1v) is 4.34. The molecule has 0 saturated heterocycles. The maximum absolute atomic E-state index is 7.31. The van der Waals surface area contributed by atoms with Crippen molar-refractivity contribution < 1.29 is 0 Å². The van der Waals surface area contributed by atoms with Gasteiger partial charge in [-0.05, 0) is 37.6 Å². The predicted molar refractivity (Wildman–Crippen MR) is 56.4 cm³/mol. The van der Waals surface area contributed by atoms with E-state index in [0.29, 0.717) is 0 Å². The molecule has 0 aliphatic heterocycles. The van der Waals surface area contributed by atoms with E-state index < -0.39 is 0 Å². The number of rotatable bonds is 3. The summed E-state index contributed by atoms with van der Waals surface area (Å²) in [6.45, 7) is 4.91. The summed E-state index contributed by atoms with van der Waals surface area (Å²) in [4.78, 5) is 0. The van der Waals surface area contributed by atoms with Crippen LogP contribution in [0.4, 0.5) is 5.69 Å². The van der Waals surface area contributed by atoms with E-state index in [0.717, 1.165) is 23.4 Å². The number of hydrogen-bond donors (Lipinski definition) is 3. The second kappa shape index (κ2) is 3.94. The van der Waals surface area contributed by atoms with Gasteiger partial charge in [-0.25, -0.2) is 0 Å². The fourth-order valence-electron chi connectivity index (χ4n) is 1.28. The molecule has 0 atom stereocenters. The van der Waals surface area contributed by atoms with Crippen molar-refractivity contribution in [2.24, 2.45) is 5.73 Å². The number of anilines is 1. The monoisotopic (exact) mass is 177 g/mol. The molecule has 0 heterocycles. The van der Waals surface area contributed by atoms with Crippen molar-refractivity contribution in [3.05, 3.63) is 29.3 Å². The van der Waals surface area contributed by atoms with Gasteiger partial charge >= 0.3 is 0 Å². The molecule has 0 aromatic heterocycles. The van der Waals surface area contributed by atoms with E-state index in [1.807, 2.05) is 32.0 Å². The number of aryl methyl sites for hydroxylation is 1. The van der Waals surface area contributed by atoms with Gasteiger partial charge in [0.25, 0.3) is 0 Å². The smallest absolute Gasteiger partial charge is 0.123 e. The SMILES string of the molecule is CCNc1ccc(C(=N)N)c(C)c1. The number of hydrogen-bond acceptors (Lipinski definition) is 2. The minimum absolute atomic E-state index is 0.126. The first-order valence-electron chi connectivity index (χ1n) is 4.34. The molecular formula is C10H15N3. The molecule has 0 unspecified atom stereocenters. The Labute approximate surface area is 78.5 Å². The summed E-state index contributed by atoms with van der Waals surface area (Å²) in [5.41, 5.74) is 8.32. The van der Waals surface area contributed by atoms with E-state index in [9.17, 15) is 0 Å². The first kappa shape index (κ1) is 9.58. The van der Waals surface area contributed by atoms with Gasteiger partial charge in [-0.1, -0.05) is 0 Å². The third-order valence-corrected chi connectivity index (χ3v) is 1.90. The summed E-state index contributed by atoms with van der Waals surface area (Å²) in [7, 11) is 0. The predicted octanol–water partition coefficient (Wildman–Crippen LogP) is 1.71. The molecule has 0 aliphatic carbocycles. The van der Waals surface area contributed by atoms with Crippen molar-refractivity contribution in [2.75, 3.05) is 11.9 Å². The zero-order valence-electron chi connectivity index (χ0n) is 8.02. The average Bonchev–Trinajstić information content (AvgIpc) is 2.04. The Kier molecular flexibility index (Phi) is 2.90. The molecule has 1 aromatic carbocycles. The largest absolute Gasteiger partial charge is 0.385 e. The highest BCUT2D eigenvalue weighted by Crippen LogP contribution is 2.14. The lowest BCUT2D eigenvalue weighted by molar-refractivity contribution is 1.21. The molecular weight excluding hydrogens is 162 g/mol. The summed E-state index contributed by atoms with van der Waals surface area (Å²) >= 11 is 0. The minimum Gasteiger partial charge on any atom is -0.385 e. The third kappa shape index (κ3) is 2.21.